The van der Waals surface area contributed by atoms with Crippen molar-refractivity contribution in [3.8, 4) is 17.1 Å². The predicted octanol–water partition coefficient (Wildman–Crippen LogP) is 3.35. The SMILES string of the molecule is CCc1nc(-c2ccc(C(=O)Nc3c(C)n(C)n(-c4ccccc4)c3=O)cc2)no1. The lowest BCUT2D eigenvalue weighted by Gasteiger charge is -2.07. The van der Waals surface area contributed by atoms with Gasteiger partial charge < -0.3 is 9.84 Å². The Morgan fingerprint density at radius 2 is 1.80 bits per heavy atom. The Balaban J connectivity index is 1.59. The van der Waals surface area contributed by atoms with Gasteiger partial charge >= 0.3 is 0 Å². The lowest BCUT2D eigenvalue weighted by molar-refractivity contribution is 0.102. The van der Waals surface area contributed by atoms with E-state index in [2.05, 4.69) is 15.5 Å². The molecule has 0 unspecified atom stereocenters. The Bertz CT molecular complexity index is 1250. The summed E-state index contributed by atoms with van der Waals surface area (Å²) in [6.45, 7) is 3.73. The third kappa shape index (κ3) is 3.43. The zero-order chi connectivity index (χ0) is 21.3. The number of nitrogens with zero attached hydrogens (tertiary/aromatic N) is 4. The third-order valence-electron chi connectivity index (χ3n) is 4.97. The van der Waals surface area contributed by atoms with Gasteiger partial charge in [0.1, 0.15) is 5.69 Å². The van der Waals surface area contributed by atoms with Crippen molar-refractivity contribution in [3.63, 3.8) is 0 Å². The van der Waals surface area contributed by atoms with Crippen molar-refractivity contribution in [1.29, 1.82) is 0 Å². The van der Waals surface area contributed by atoms with Crippen molar-refractivity contribution in [1.82, 2.24) is 19.5 Å². The zero-order valence-electron chi connectivity index (χ0n) is 16.9. The number of rotatable bonds is 5. The van der Waals surface area contributed by atoms with Crippen LogP contribution >= 0.6 is 0 Å². The maximum atomic E-state index is 12.9. The van der Waals surface area contributed by atoms with E-state index in [1.54, 1.807) is 42.9 Å². The Hall–Kier alpha value is -3.94. The number of amides is 1. The van der Waals surface area contributed by atoms with E-state index in [0.29, 0.717) is 29.4 Å². The van der Waals surface area contributed by atoms with Gasteiger partial charge in [-0.15, -0.1) is 0 Å². The zero-order valence-corrected chi connectivity index (χ0v) is 16.9. The van der Waals surface area contributed by atoms with Crippen LogP contribution in [-0.2, 0) is 13.5 Å². The summed E-state index contributed by atoms with van der Waals surface area (Å²) in [7, 11) is 1.78. The second kappa shape index (κ2) is 7.82. The summed E-state index contributed by atoms with van der Waals surface area (Å²) in [5, 5.41) is 6.69. The number of hydrogen-bond donors (Lipinski definition) is 1. The smallest absolute Gasteiger partial charge is 0.295 e. The Labute approximate surface area is 172 Å². The minimum atomic E-state index is -0.366. The van der Waals surface area contributed by atoms with Gasteiger partial charge in [0.2, 0.25) is 11.7 Å². The van der Waals surface area contributed by atoms with Gasteiger partial charge in [-0.25, -0.2) is 4.68 Å². The summed E-state index contributed by atoms with van der Waals surface area (Å²) in [6, 6.07) is 16.1. The fraction of sp³-hybridized carbons (Fsp3) is 0.182. The van der Waals surface area contributed by atoms with Crippen LogP contribution in [0.15, 0.2) is 63.9 Å². The van der Waals surface area contributed by atoms with E-state index < -0.39 is 0 Å². The van der Waals surface area contributed by atoms with Crippen molar-refractivity contribution in [2.75, 3.05) is 5.32 Å². The highest BCUT2D eigenvalue weighted by Gasteiger charge is 2.19. The van der Waals surface area contributed by atoms with Crippen LogP contribution in [0.25, 0.3) is 17.1 Å². The minimum Gasteiger partial charge on any atom is -0.339 e. The van der Waals surface area contributed by atoms with Gasteiger partial charge in [0.05, 0.1) is 11.4 Å². The molecule has 4 aromatic rings. The van der Waals surface area contributed by atoms with E-state index >= 15 is 0 Å². The first-order valence-electron chi connectivity index (χ1n) is 9.58. The van der Waals surface area contributed by atoms with Gasteiger partial charge in [-0.2, -0.15) is 4.98 Å². The van der Waals surface area contributed by atoms with E-state index in [1.165, 1.54) is 4.68 Å². The summed E-state index contributed by atoms with van der Waals surface area (Å²) in [5.74, 6) is 0.666. The highest BCUT2D eigenvalue weighted by molar-refractivity contribution is 6.04. The number of para-hydroxylation sites is 1. The van der Waals surface area contributed by atoms with Crippen molar-refractivity contribution < 1.29 is 9.32 Å². The van der Waals surface area contributed by atoms with Crippen LogP contribution in [0.4, 0.5) is 5.69 Å². The van der Waals surface area contributed by atoms with Crippen LogP contribution in [0.3, 0.4) is 0 Å². The van der Waals surface area contributed by atoms with Gasteiger partial charge in [-0.05, 0) is 31.2 Å². The molecule has 0 fully saturated rings. The summed E-state index contributed by atoms with van der Waals surface area (Å²) in [5.41, 5.74) is 2.52. The minimum absolute atomic E-state index is 0.251. The summed E-state index contributed by atoms with van der Waals surface area (Å²) in [6.07, 6.45) is 0.657. The second-order valence-electron chi connectivity index (χ2n) is 6.83. The van der Waals surface area contributed by atoms with Crippen LogP contribution in [-0.4, -0.2) is 25.4 Å². The molecule has 8 heteroatoms. The lowest BCUT2D eigenvalue weighted by Crippen LogP contribution is -2.22. The van der Waals surface area contributed by atoms with Gasteiger partial charge in [0, 0.05) is 24.6 Å². The third-order valence-corrected chi connectivity index (χ3v) is 4.97. The molecule has 0 saturated heterocycles. The number of anilines is 1. The Morgan fingerprint density at radius 1 is 1.10 bits per heavy atom. The van der Waals surface area contributed by atoms with Crippen molar-refractivity contribution >= 4 is 11.6 Å². The van der Waals surface area contributed by atoms with E-state index in [4.69, 9.17) is 4.52 Å². The van der Waals surface area contributed by atoms with Gasteiger partial charge in [-0.1, -0.05) is 42.4 Å². The van der Waals surface area contributed by atoms with Crippen LogP contribution in [0.2, 0.25) is 0 Å². The summed E-state index contributed by atoms with van der Waals surface area (Å²) < 4.78 is 8.37. The van der Waals surface area contributed by atoms with Gasteiger partial charge in [-0.3, -0.25) is 14.3 Å². The summed E-state index contributed by atoms with van der Waals surface area (Å²) in [4.78, 5) is 30.0. The van der Waals surface area contributed by atoms with Crippen LogP contribution < -0.4 is 10.9 Å². The standard InChI is InChI=1S/C22H21N5O3/c1-4-18-23-20(25-30-18)15-10-12-16(13-11-15)21(28)24-19-14(2)26(3)27(22(19)29)17-8-6-5-7-9-17/h5-13H,4H2,1-3H3,(H,24,28). The largest absolute Gasteiger partial charge is 0.339 e. The highest BCUT2D eigenvalue weighted by Crippen LogP contribution is 2.19. The molecule has 2 aromatic carbocycles. The number of benzene rings is 2. The molecule has 152 valence electrons. The van der Waals surface area contributed by atoms with E-state index in [-0.39, 0.29) is 17.2 Å². The average molecular weight is 403 g/mol. The molecule has 0 aliphatic heterocycles. The van der Waals surface area contributed by atoms with Crippen LogP contribution in [0, 0.1) is 6.92 Å². The van der Waals surface area contributed by atoms with Gasteiger partial charge in [0.25, 0.3) is 11.5 Å². The monoisotopic (exact) mass is 403 g/mol. The molecule has 0 atom stereocenters. The van der Waals surface area contributed by atoms with E-state index in [1.807, 2.05) is 37.3 Å². The first-order valence-corrected chi connectivity index (χ1v) is 9.58. The molecule has 0 spiro atoms. The van der Waals surface area contributed by atoms with E-state index in [0.717, 1.165) is 11.3 Å². The maximum Gasteiger partial charge on any atom is 0.295 e. The summed E-state index contributed by atoms with van der Waals surface area (Å²) >= 11 is 0. The molecule has 2 aromatic heterocycles. The second-order valence-corrected chi connectivity index (χ2v) is 6.83. The molecule has 0 aliphatic rings. The molecule has 2 heterocycles. The number of carbonyl (C=O) groups excluding carboxylic acids is 1. The molecular formula is C22H21N5O3. The quantitative estimate of drug-likeness (QED) is 0.551. The molecule has 4 rings (SSSR count). The molecule has 0 saturated carbocycles. The predicted molar refractivity (Wildman–Crippen MR) is 113 cm³/mol. The Kier molecular flexibility index (Phi) is 5.05. The fourth-order valence-electron chi connectivity index (χ4n) is 3.18. The van der Waals surface area contributed by atoms with Crippen LogP contribution in [0.1, 0.15) is 28.9 Å². The van der Waals surface area contributed by atoms with Crippen molar-refractivity contribution in [2.24, 2.45) is 7.05 Å². The molecule has 0 aliphatic carbocycles. The fourth-order valence-corrected chi connectivity index (χ4v) is 3.18. The van der Waals surface area contributed by atoms with E-state index in [9.17, 15) is 9.59 Å². The molecular weight excluding hydrogens is 382 g/mol. The maximum absolute atomic E-state index is 12.9. The first kappa shape index (κ1) is 19.4. The van der Waals surface area contributed by atoms with Crippen LogP contribution in [0.5, 0.6) is 0 Å². The molecule has 8 nitrogen and oxygen atoms in total. The number of hydrogen-bond acceptors (Lipinski definition) is 5. The van der Waals surface area contributed by atoms with Crippen molar-refractivity contribution in [3.05, 3.63) is 82.1 Å². The topological polar surface area (TPSA) is 95.0 Å². The lowest BCUT2D eigenvalue weighted by atomic mass is 10.1. The molecule has 30 heavy (non-hydrogen) atoms. The molecule has 1 N–H and O–H groups in total. The normalized spacial score (nSPS) is 10.9. The van der Waals surface area contributed by atoms with Crippen molar-refractivity contribution in [2.45, 2.75) is 20.3 Å². The molecule has 0 bridgehead atoms. The number of aryl methyl sites for hydroxylation is 1. The number of aromatic nitrogens is 4. The highest BCUT2D eigenvalue weighted by atomic mass is 16.5. The molecule has 0 radical (unpaired) electrons. The number of carbonyl (C=O) groups is 1. The van der Waals surface area contributed by atoms with Gasteiger partial charge in [0.15, 0.2) is 0 Å². The molecule has 1 amide bonds. The first-order chi connectivity index (χ1) is 14.5. The Morgan fingerprint density at radius 3 is 2.43 bits per heavy atom. The average Bonchev–Trinajstić information content (AvgIpc) is 3.34. The number of nitrogens with one attached hydrogen (secondary N) is 1.